The Morgan fingerprint density at radius 2 is 1.71 bits per heavy atom. The van der Waals surface area contributed by atoms with Crippen molar-refractivity contribution in [3.8, 4) is 0 Å². The van der Waals surface area contributed by atoms with E-state index in [2.05, 4.69) is 44.8 Å². The first-order valence-corrected chi connectivity index (χ1v) is 9.38. The molecule has 2 unspecified atom stereocenters. The molecule has 21 heavy (non-hydrogen) atoms. The molecule has 2 atom stereocenters. The maximum absolute atomic E-state index is 3.76. The van der Waals surface area contributed by atoms with E-state index < -0.39 is 0 Å². The molecule has 0 amide bonds. The van der Waals surface area contributed by atoms with Gasteiger partial charge >= 0.3 is 0 Å². The van der Waals surface area contributed by atoms with Gasteiger partial charge in [0.25, 0.3) is 0 Å². The summed E-state index contributed by atoms with van der Waals surface area (Å²) in [5, 5.41) is 3.76. The van der Waals surface area contributed by atoms with Gasteiger partial charge in [0.1, 0.15) is 0 Å². The maximum Gasteiger partial charge on any atom is 0.00697 e. The Bertz CT molecular complexity index is 305. The van der Waals surface area contributed by atoms with Crippen LogP contribution in [-0.4, -0.2) is 36.6 Å². The third-order valence-corrected chi connectivity index (χ3v) is 6.03. The van der Waals surface area contributed by atoms with Crippen molar-refractivity contribution in [2.45, 2.75) is 85.2 Å². The van der Waals surface area contributed by atoms with Crippen LogP contribution < -0.4 is 5.32 Å². The molecule has 1 aliphatic carbocycles. The first-order chi connectivity index (χ1) is 9.90. The van der Waals surface area contributed by atoms with Gasteiger partial charge < -0.3 is 10.2 Å². The highest BCUT2D eigenvalue weighted by Gasteiger charge is 2.37. The van der Waals surface area contributed by atoms with Crippen molar-refractivity contribution < 1.29 is 0 Å². The average Bonchev–Trinajstić information content (AvgIpc) is 2.43. The molecule has 0 spiro atoms. The van der Waals surface area contributed by atoms with Crippen LogP contribution in [0.4, 0.5) is 0 Å². The van der Waals surface area contributed by atoms with Gasteiger partial charge in [-0.3, -0.25) is 0 Å². The molecular weight excluding hydrogens is 256 g/mol. The summed E-state index contributed by atoms with van der Waals surface area (Å²) in [5.74, 6) is 1.86. The molecule has 2 aliphatic rings. The first kappa shape index (κ1) is 17.3. The zero-order valence-electron chi connectivity index (χ0n) is 15.1. The second-order valence-corrected chi connectivity index (χ2v) is 8.67. The van der Waals surface area contributed by atoms with Crippen LogP contribution in [0.25, 0.3) is 0 Å². The minimum Gasteiger partial charge on any atom is -0.314 e. The second-order valence-electron chi connectivity index (χ2n) is 8.67. The van der Waals surface area contributed by atoms with Gasteiger partial charge in [-0.1, -0.05) is 40.5 Å². The lowest BCUT2D eigenvalue weighted by atomic mass is 9.70. The average molecular weight is 295 g/mol. The van der Waals surface area contributed by atoms with Gasteiger partial charge in [0.05, 0.1) is 0 Å². The quantitative estimate of drug-likeness (QED) is 0.813. The zero-order valence-corrected chi connectivity index (χ0v) is 15.1. The van der Waals surface area contributed by atoms with Crippen LogP contribution in [0, 0.1) is 17.3 Å². The lowest BCUT2D eigenvalue weighted by Crippen LogP contribution is -2.51. The summed E-state index contributed by atoms with van der Waals surface area (Å²) in [5.41, 5.74) is 0.533. The first-order valence-electron chi connectivity index (χ1n) is 9.38. The molecule has 0 aromatic rings. The van der Waals surface area contributed by atoms with Crippen molar-refractivity contribution in [3.63, 3.8) is 0 Å². The molecule has 1 saturated heterocycles. The Morgan fingerprint density at radius 1 is 1.05 bits per heavy atom. The van der Waals surface area contributed by atoms with E-state index in [0.29, 0.717) is 11.5 Å². The molecule has 1 saturated carbocycles. The summed E-state index contributed by atoms with van der Waals surface area (Å²) < 4.78 is 0. The van der Waals surface area contributed by atoms with Crippen LogP contribution in [0.2, 0.25) is 0 Å². The van der Waals surface area contributed by atoms with Crippen molar-refractivity contribution in [1.82, 2.24) is 10.2 Å². The molecule has 2 nitrogen and oxygen atoms in total. The molecule has 124 valence electrons. The normalized spacial score (nSPS) is 38.9. The number of likely N-dealkylation sites (tertiary alicyclic amines) is 1. The van der Waals surface area contributed by atoms with Crippen molar-refractivity contribution in [2.24, 2.45) is 17.3 Å². The summed E-state index contributed by atoms with van der Waals surface area (Å²) in [4.78, 5) is 2.80. The standard InChI is InChI=1S/C19H38N2/c1-15(2)20-13-19(9-6-16(3)7-10-19)14-21-11-8-17(4)12-18(21)5/h15-18,20H,6-14H2,1-5H3. The molecule has 2 fully saturated rings. The van der Waals surface area contributed by atoms with Crippen molar-refractivity contribution >= 4 is 0 Å². The van der Waals surface area contributed by atoms with Gasteiger partial charge in [-0.25, -0.2) is 0 Å². The van der Waals surface area contributed by atoms with Gasteiger partial charge in [-0.05, 0) is 56.4 Å². The Kier molecular flexibility index (Phi) is 6.14. The highest BCUT2D eigenvalue weighted by Crippen LogP contribution is 2.40. The topological polar surface area (TPSA) is 15.3 Å². The molecule has 2 rings (SSSR count). The fourth-order valence-electron chi connectivity index (χ4n) is 4.31. The predicted octanol–water partition coefficient (Wildman–Crippen LogP) is 4.30. The Labute approximate surface area is 133 Å². The van der Waals surface area contributed by atoms with Gasteiger partial charge in [0, 0.05) is 25.2 Å². The number of nitrogens with zero attached hydrogens (tertiary/aromatic N) is 1. The predicted molar refractivity (Wildman–Crippen MR) is 92.6 cm³/mol. The summed E-state index contributed by atoms with van der Waals surface area (Å²) in [6.45, 7) is 15.7. The molecule has 2 heteroatoms. The van der Waals surface area contributed by atoms with Crippen LogP contribution in [0.5, 0.6) is 0 Å². The fourth-order valence-corrected chi connectivity index (χ4v) is 4.31. The van der Waals surface area contributed by atoms with E-state index in [0.717, 1.165) is 17.9 Å². The van der Waals surface area contributed by atoms with Crippen LogP contribution in [0.1, 0.15) is 73.1 Å². The van der Waals surface area contributed by atoms with E-state index in [1.165, 1.54) is 58.2 Å². The highest BCUT2D eigenvalue weighted by molar-refractivity contribution is 4.92. The molecule has 0 radical (unpaired) electrons. The number of hydrogen-bond donors (Lipinski definition) is 1. The smallest absolute Gasteiger partial charge is 0.00697 e. The monoisotopic (exact) mass is 294 g/mol. The van der Waals surface area contributed by atoms with Gasteiger partial charge in [0.2, 0.25) is 0 Å². The van der Waals surface area contributed by atoms with E-state index in [1.807, 2.05) is 0 Å². The Morgan fingerprint density at radius 3 is 2.29 bits per heavy atom. The Hall–Kier alpha value is -0.0800. The summed E-state index contributed by atoms with van der Waals surface area (Å²) >= 11 is 0. The third kappa shape index (κ3) is 4.96. The third-order valence-electron chi connectivity index (χ3n) is 6.03. The lowest BCUT2D eigenvalue weighted by Gasteiger charge is -2.47. The number of rotatable bonds is 5. The number of hydrogen-bond acceptors (Lipinski definition) is 2. The summed E-state index contributed by atoms with van der Waals surface area (Å²) in [6, 6.07) is 1.39. The molecule has 0 aromatic carbocycles. The molecule has 1 N–H and O–H groups in total. The largest absolute Gasteiger partial charge is 0.314 e. The highest BCUT2D eigenvalue weighted by atomic mass is 15.2. The zero-order chi connectivity index (χ0) is 15.5. The molecule has 0 bridgehead atoms. The lowest BCUT2D eigenvalue weighted by molar-refractivity contribution is 0.0391. The fraction of sp³-hybridized carbons (Fsp3) is 1.00. The Balaban J connectivity index is 1.98. The van der Waals surface area contributed by atoms with E-state index >= 15 is 0 Å². The van der Waals surface area contributed by atoms with Crippen molar-refractivity contribution in [3.05, 3.63) is 0 Å². The van der Waals surface area contributed by atoms with Gasteiger partial charge in [-0.2, -0.15) is 0 Å². The molecule has 0 aromatic heterocycles. The van der Waals surface area contributed by atoms with Crippen LogP contribution >= 0.6 is 0 Å². The second kappa shape index (κ2) is 7.46. The van der Waals surface area contributed by atoms with E-state index in [1.54, 1.807) is 0 Å². The SMILES string of the molecule is CC1CCC(CNC(C)C)(CN2CCC(C)CC2C)CC1. The van der Waals surface area contributed by atoms with E-state index in [4.69, 9.17) is 0 Å². The number of nitrogens with one attached hydrogen (secondary N) is 1. The van der Waals surface area contributed by atoms with Crippen LogP contribution in [-0.2, 0) is 0 Å². The minimum atomic E-state index is 0.533. The van der Waals surface area contributed by atoms with E-state index in [9.17, 15) is 0 Å². The minimum absolute atomic E-state index is 0.533. The van der Waals surface area contributed by atoms with Crippen LogP contribution in [0.3, 0.4) is 0 Å². The molecule has 1 heterocycles. The summed E-state index contributed by atoms with van der Waals surface area (Å²) in [6.07, 6.45) is 8.49. The molecular formula is C19H38N2. The maximum atomic E-state index is 3.76. The van der Waals surface area contributed by atoms with Crippen LogP contribution in [0.15, 0.2) is 0 Å². The van der Waals surface area contributed by atoms with Crippen molar-refractivity contribution in [2.75, 3.05) is 19.6 Å². The van der Waals surface area contributed by atoms with E-state index in [-0.39, 0.29) is 0 Å². The van der Waals surface area contributed by atoms with Crippen molar-refractivity contribution in [1.29, 1.82) is 0 Å². The number of piperidine rings is 1. The molecule has 1 aliphatic heterocycles. The summed E-state index contributed by atoms with van der Waals surface area (Å²) in [7, 11) is 0. The van der Waals surface area contributed by atoms with Gasteiger partial charge in [0.15, 0.2) is 0 Å². The van der Waals surface area contributed by atoms with Gasteiger partial charge in [-0.15, -0.1) is 0 Å².